The van der Waals surface area contributed by atoms with E-state index < -0.39 is 18.3 Å². The van der Waals surface area contributed by atoms with E-state index in [4.69, 9.17) is 56.3 Å². The Morgan fingerprint density at radius 3 is 2.18 bits per heavy atom. The highest BCUT2D eigenvalue weighted by Crippen LogP contribution is 2.42. The molecule has 0 saturated heterocycles. The van der Waals surface area contributed by atoms with Gasteiger partial charge in [0, 0.05) is 78.5 Å². The first-order valence-corrected chi connectivity index (χ1v) is 28.2. The summed E-state index contributed by atoms with van der Waals surface area (Å²) in [5, 5.41) is 64.5. The van der Waals surface area contributed by atoms with Gasteiger partial charge < -0.3 is 19.8 Å². The van der Waals surface area contributed by atoms with E-state index in [0.29, 0.717) is 90.1 Å². The minimum Gasteiger partial charge on any atom is -0.384 e. The molecule has 0 aliphatic rings. The van der Waals surface area contributed by atoms with Crippen molar-refractivity contribution in [3.8, 4) is 32.6 Å². The molecule has 0 fully saturated rings. The molecule has 74 heavy (non-hydrogen) atoms. The van der Waals surface area contributed by atoms with Gasteiger partial charge in [-0.2, -0.15) is 9.13 Å². The Hall–Kier alpha value is -5.51. The van der Waals surface area contributed by atoms with Gasteiger partial charge in [-0.25, -0.2) is 0 Å². The molecule has 0 spiro atoms. The molecule has 10 nitrogen and oxygen atoms in total. The van der Waals surface area contributed by atoms with Gasteiger partial charge >= 0.3 is 0 Å². The molecule has 0 bridgehead atoms. The molecular formula is C55H37Cl4IN6O4S4+2. The standard InChI is InChI=1S/C55H37Cl4IN6O4S4/c56-40-11-10-30(21-38(48(61)36-25-46(59)72-29-36)51(67)33-6-2-17-63-26-33)22-41(40)65-18-3-7-34(27-65)52(68)39(49(62)42-12-14-44(57)73-42)24-32-16-20-71-55(32)66-19-4-8-35(28-66)53(69)47-50(43-13-15-45(58)74-43)64-70-54(47)31-5-1-9-37(60)23-31/h1-29,51-53,61-62,67-69H/q+2. The fourth-order valence-corrected chi connectivity index (χ4v) is 12.8. The molecule has 19 heteroatoms. The number of halogens is 5. The van der Waals surface area contributed by atoms with Crippen LogP contribution < -0.4 is 9.13 Å². The molecule has 0 aliphatic heterocycles. The van der Waals surface area contributed by atoms with Crippen molar-refractivity contribution in [1.82, 2.24) is 10.1 Å². The van der Waals surface area contributed by atoms with E-state index in [-0.39, 0.29) is 11.4 Å². The van der Waals surface area contributed by atoms with Crippen LogP contribution in [0.3, 0.4) is 0 Å². The van der Waals surface area contributed by atoms with E-state index in [0.717, 1.165) is 19.0 Å². The summed E-state index contributed by atoms with van der Waals surface area (Å²) in [5.41, 5.74) is 6.55. The van der Waals surface area contributed by atoms with E-state index in [1.54, 1.807) is 108 Å². The first-order valence-electron chi connectivity index (χ1n) is 22.3. The Morgan fingerprint density at radius 1 is 0.703 bits per heavy atom. The maximum Gasteiger partial charge on any atom is 0.274 e. The number of nitrogens with one attached hydrogen (secondary N) is 2. The van der Waals surface area contributed by atoms with Gasteiger partial charge in [-0.1, -0.05) is 87.2 Å². The van der Waals surface area contributed by atoms with Gasteiger partial charge in [0.25, 0.3) is 5.00 Å². The third-order valence-corrected chi connectivity index (χ3v) is 17.3. The third kappa shape index (κ3) is 11.2. The highest BCUT2D eigenvalue weighted by atomic mass is 127. The van der Waals surface area contributed by atoms with Crippen molar-refractivity contribution in [3.63, 3.8) is 0 Å². The minimum atomic E-state index is -1.32. The fourth-order valence-electron chi connectivity index (χ4n) is 8.23. The predicted molar refractivity (Wildman–Crippen MR) is 308 cm³/mol. The first kappa shape index (κ1) is 52.0. The van der Waals surface area contributed by atoms with Gasteiger partial charge in [0.15, 0.2) is 30.5 Å². The summed E-state index contributed by atoms with van der Waals surface area (Å²) < 4.78 is 12.3. The molecule has 0 radical (unpaired) electrons. The summed E-state index contributed by atoms with van der Waals surface area (Å²) >= 11 is 33.6. The maximum atomic E-state index is 12.5. The normalized spacial score (nSPS) is 13.2. The number of pyridine rings is 3. The summed E-state index contributed by atoms with van der Waals surface area (Å²) in [6.07, 6.45) is 10.3. The molecule has 0 amide bonds. The van der Waals surface area contributed by atoms with Crippen LogP contribution in [-0.2, 0) is 0 Å². The SMILES string of the molecule is N=C(C(=Cc1ccc(Cl)c(-[n+]2cccc(C(O)C(=Cc3ccsc3-[n+]3cccc(C(O)c4c(-c5ccc(Cl)s5)noc4-c4cccc(I)c4)c3)C(=N)c3ccc(Cl)s3)c2)c1)C(O)c1cccnc1)c1csc(Cl)c1. The van der Waals surface area contributed by atoms with Crippen molar-refractivity contribution in [1.29, 1.82) is 10.8 Å². The molecule has 2 aromatic carbocycles. The minimum absolute atomic E-state index is 0.0760. The van der Waals surface area contributed by atoms with Crippen LogP contribution in [0.15, 0.2) is 179 Å². The zero-order valence-electron chi connectivity index (χ0n) is 38.0. The summed E-state index contributed by atoms with van der Waals surface area (Å²) in [6.45, 7) is 0. The van der Waals surface area contributed by atoms with Crippen molar-refractivity contribution in [2.45, 2.75) is 18.3 Å². The summed E-state index contributed by atoms with van der Waals surface area (Å²) in [4.78, 5) is 5.49. The van der Waals surface area contributed by atoms with Crippen LogP contribution in [0.2, 0.25) is 18.0 Å². The van der Waals surface area contributed by atoms with E-state index >= 15 is 0 Å². The van der Waals surface area contributed by atoms with E-state index in [2.05, 4.69) is 32.7 Å². The molecule has 368 valence electrons. The second-order valence-corrected chi connectivity index (χ2v) is 24.1. The van der Waals surface area contributed by atoms with Crippen molar-refractivity contribution in [3.05, 3.63) is 240 Å². The molecule has 3 unspecified atom stereocenters. The molecule has 8 aromatic heterocycles. The molecule has 0 saturated carbocycles. The van der Waals surface area contributed by atoms with Crippen molar-refractivity contribution >= 4 is 138 Å². The van der Waals surface area contributed by atoms with Gasteiger partial charge in [-0.3, -0.25) is 15.8 Å². The van der Waals surface area contributed by atoms with Crippen LogP contribution >= 0.6 is 114 Å². The number of aliphatic hydroxyl groups excluding tert-OH is 3. The van der Waals surface area contributed by atoms with Crippen LogP contribution in [0.1, 0.15) is 62.1 Å². The largest absolute Gasteiger partial charge is 0.384 e. The summed E-state index contributed by atoms with van der Waals surface area (Å²) in [7, 11) is 0. The van der Waals surface area contributed by atoms with Crippen LogP contribution in [-0.4, -0.2) is 36.9 Å². The van der Waals surface area contributed by atoms with Gasteiger partial charge in [-0.15, -0.1) is 34.0 Å². The molecule has 10 rings (SSSR count). The van der Waals surface area contributed by atoms with Gasteiger partial charge in [0.05, 0.1) is 45.3 Å². The second kappa shape index (κ2) is 22.8. The topological polar surface area (TPSA) is 155 Å². The predicted octanol–water partition coefficient (Wildman–Crippen LogP) is 14.9. The Morgan fingerprint density at radius 2 is 1.45 bits per heavy atom. The van der Waals surface area contributed by atoms with Gasteiger partial charge in [-0.05, 0) is 118 Å². The molecular weight excluding hydrogens is 1210 g/mol. The summed E-state index contributed by atoms with van der Waals surface area (Å²) in [5.74, 6) is 0.439. The Labute approximate surface area is 474 Å². The molecule has 5 N–H and O–H groups in total. The molecule has 10 aromatic rings. The average molecular weight is 1240 g/mol. The maximum absolute atomic E-state index is 12.5. The molecule has 8 heterocycles. The first-order chi connectivity index (χ1) is 35.8. The third-order valence-electron chi connectivity index (χ3n) is 11.8. The Balaban J connectivity index is 1.01. The van der Waals surface area contributed by atoms with E-state index in [9.17, 15) is 20.7 Å². The number of benzene rings is 2. The van der Waals surface area contributed by atoms with Crippen molar-refractivity contribution in [2.75, 3.05) is 0 Å². The summed E-state index contributed by atoms with van der Waals surface area (Å²) in [6, 6.07) is 34.6. The number of aliphatic hydroxyl groups is 3. The lowest BCUT2D eigenvalue weighted by molar-refractivity contribution is -0.596. The van der Waals surface area contributed by atoms with Crippen LogP contribution in [0.25, 0.3) is 44.7 Å². The highest BCUT2D eigenvalue weighted by molar-refractivity contribution is 14.1. The van der Waals surface area contributed by atoms with E-state index in [1.807, 2.05) is 76.9 Å². The van der Waals surface area contributed by atoms with Crippen LogP contribution in [0.4, 0.5) is 0 Å². The Bertz CT molecular complexity index is 3790. The van der Waals surface area contributed by atoms with Crippen LogP contribution in [0, 0.1) is 14.4 Å². The van der Waals surface area contributed by atoms with Crippen LogP contribution in [0.5, 0.6) is 0 Å². The second-order valence-electron chi connectivity index (χ2n) is 16.6. The van der Waals surface area contributed by atoms with Crippen molar-refractivity contribution < 1.29 is 29.0 Å². The smallest absolute Gasteiger partial charge is 0.274 e. The lowest BCUT2D eigenvalue weighted by atomic mass is 9.93. The quantitative estimate of drug-likeness (QED) is 0.0369. The lowest BCUT2D eigenvalue weighted by Gasteiger charge is -2.17. The number of thiophene rings is 4. The number of nitrogens with zero attached hydrogens (tertiary/aromatic N) is 4. The van der Waals surface area contributed by atoms with Gasteiger partial charge in [0.1, 0.15) is 29.0 Å². The number of aromatic nitrogens is 4. The zero-order valence-corrected chi connectivity index (χ0v) is 46.5. The average Bonchev–Trinajstić information content (AvgIpc) is 4.30. The number of hydrogen-bond acceptors (Lipinski definition) is 12. The lowest BCUT2D eigenvalue weighted by Crippen LogP contribution is -2.31. The Kier molecular flexibility index (Phi) is 16.0. The molecule has 0 aliphatic carbocycles. The fraction of sp³-hybridized carbons (Fsp3) is 0.0545. The zero-order chi connectivity index (χ0) is 51.6. The molecule has 3 atom stereocenters. The monoisotopic (exact) mass is 1240 g/mol. The van der Waals surface area contributed by atoms with Gasteiger partial charge in [0.2, 0.25) is 5.69 Å². The number of rotatable bonds is 16. The van der Waals surface area contributed by atoms with E-state index in [1.165, 1.54) is 45.3 Å². The van der Waals surface area contributed by atoms with Crippen molar-refractivity contribution in [2.24, 2.45) is 0 Å². The highest BCUT2D eigenvalue weighted by Gasteiger charge is 2.31. The number of hydrogen-bond donors (Lipinski definition) is 5.